The van der Waals surface area contributed by atoms with Gasteiger partial charge in [0.1, 0.15) is 11.5 Å². The fourth-order valence-corrected chi connectivity index (χ4v) is 1.29. The SMILES string of the molecule is O=[N+]([O-])c1cc(O)cc(-c2ccco2)c1. The van der Waals surface area contributed by atoms with Crippen molar-refractivity contribution in [2.45, 2.75) is 0 Å². The maximum Gasteiger partial charge on any atom is 0.273 e. The summed E-state index contributed by atoms with van der Waals surface area (Å²) in [6.07, 6.45) is 1.46. The van der Waals surface area contributed by atoms with Crippen molar-refractivity contribution < 1.29 is 14.4 Å². The highest BCUT2D eigenvalue weighted by Gasteiger charge is 2.11. The fraction of sp³-hybridized carbons (Fsp3) is 0. The predicted octanol–water partition coefficient (Wildman–Crippen LogP) is 2.56. The van der Waals surface area contributed by atoms with E-state index in [2.05, 4.69) is 0 Å². The number of rotatable bonds is 2. The van der Waals surface area contributed by atoms with Gasteiger partial charge >= 0.3 is 0 Å². The van der Waals surface area contributed by atoms with Crippen LogP contribution < -0.4 is 0 Å². The molecule has 5 nitrogen and oxygen atoms in total. The van der Waals surface area contributed by atoms with E-state index in [0.29, 0.717) is 11.3 Å². The van der Waals surface area contributed by atoms with Crippen LogP contribution in [0.3, 0.4) is 0 Å². The summed E-state index contributed by atoms with van der Waals surface area (Å²) < 4.78 is 5.08. The van der Waals surface area contributed by atoms with Gasteiger partial charge < -0.3 is 9.52 Å². The Bertz CT molecular complexity index is 490. The van der Waals surface area contributed by atoms with E-state index in [-0.39, 0.29) is 11.4 Å². The highest BCUT2D eigenvalue weighted by atomic mass is 16.6. The highest BCUT2D eigenvalue weighted by molar-refractivity contribution is 5.63. The van der Waals surface area contributed by atoms with Crippen LogP contribution in [-0.4, -0.2) is 10.0 Å². The summed E-state index contributed by atoms with van der Waals surface area (Å²) in [4.78, 5) is 9.98. The number of aromatic hydroxyl groups is 1. The van der Waals surface area contributed by atoms with Gasteiger partial charge in [0.05, 0.1) is 17.3 Å². The lowest BCUT2D eigenvalue weighted by Gasteiger charge is -1.98. The van der Waals surface area contributed by atoms with E-state index in [1.165, 1.54) is 18.4 Å². The molecule has 0 atom stereocenters. The van der Waals surface area contributed by atoms with Crippen LogP contribution in [0.1, 0.15) is 0 Å². The summed E-state index contributed by atoms with van der Waals surface area (Å²) in [5.41, 5.74) is 0.313. The Balaban J connectivity index is 2.54. The van der Waals surface area contributed by atoms with Crippen LogP contribution in [0.2, 0.25) is 0 Å². The van der Waals surface area contributed by atoms with Gasteiger partial charge in [-0.05, 0) is 18.2 Å². The van der Waals surface area contributed by atoms with Crippen LogP contribution in [0.15, 0.2) is 41.0 Å². The Kier molecular flexibility index (Phi) is 2.13. The van der Waals surface area contributed by atoms with E-state index in [1.54, 1.807) is 12.1 Å². The van der Waals surface area contributed by atoms with Crippen LogP contribution in [0.4, 0.5) is 5.69 Å². The summed E-state index contributed by atoms with van der Waals surface area (Å²) in [5.74, 6) is 0.324. The number of hydrogen-bond donors (Lipinski definition) is 1. The monoisotopic (exact) mass is 205 g/mol. The molecular formula is C10H7NO4. The topological polar surface area (TPSA) is 76.5 Å². The molecule has 0 spiro atoms. The molecule has 0 aliphatic carbocycles. The minimum Gasteiger partial charge on any atom is -0.508 e. The highest BCUT2D eigenvalue weighted by Crippen LogP contribution is 2.29. The Morgan fingerprint density at radius 3 is 2.73 bits per heavy atom. The Labute approximate surface area is 84.7 Å². The number of non-ortho nitro benzene ring substituents is 1. The molecule has 1 heterocycles. The standard InChI is InChI=1S/C10H7NO4/c12-9-5-7(10-2-1-3-15-10)4-8(6-9)11(13)14/h1-6,12H. The molecule has 0 aliphatic heterocycles. The van der Waals surface area contributed by atoms with E-state index >= 15 is 0 Å². The quantitative estimate of drug-likeness (QED) is 0.603. The van der Waals surface area contributed by atoms with Gasteiger partial charge in [0.2, 0.25) is 0 Å². The number of phenols is 1. The van der Waals surface area contributed by atoms with Gasteiger partial charge in [-0.3, -0.25) is 10.1 Å². The normalized spacial score (nSPS) is 10.1. The first kappa shape index (κ1) is 9.26. The van der Waals surface area contributed by atoms with Gasteiger partial charge in [0, 0.05) is 11.6 Å². The van der Waals surface area contributed by atoms with Crippen molar-refractivity contribution in [1.82, 2.24) is 0 Å². The number of furan rings is 1. The molecule has 2 rings (SSSR count). The van der Waals surface area contributed by atoms with Crippen molar-refractivity contribution in [1.29, 1.82) is 0 Å². The van der Waals surface area contributed by atoms with Gasteiger partial charge in [-0.25, -0.2) is 0 Å². The molecule has 2 aromatic rings. The Hall–Kier alpha value is -2.30. The molecule has 0 fully saturated rings. The van der Waals surface area contributed by atoms with Gasteiger partial charge in [-0.2, -0.15) is 0 Å². The zero-order valence-electron chi connectivity index (χ0n) is 7.58. The molecule has 1 aromatic heterocycles. The molecule has 0 amide bonds. The van der Waals surface area contributed by atoms with E-state index < -0.39 is 4.92 Å². The first-order valence-electron chi connectivity index (χ1n) is 4.19. The largest absolute Gasteiger partial charge is 0.508 e. The van der Waals surface area contributed by atoms with E-state index in [1.807, 2.05) is 0 Å². The number of nitro groups is 1. The molecule has 0 aliphatic rings. The van der Waals surface area contributed by atoms with Crippen molar-refractivity contribution in [3.05, 3.63) is 46.7 Å². The van der Waals surface area contributed by atoms with Crippen molar-refractivity contribution >= 4 is 5.69 Å². The van der Waals surface area contributed by atoms with E-state index in [0.717, 1.165) is 6.07 Å². The lowest BCUT2D eigenvalue weighted by atomic mass is 10.1. The van der Waals surface area contributed by atoms with Crippen LogP contribution in [-0.2, 0) is 0 Å². The smallest absolute Gasteiger partial charge is 0.273 e. The molecule has 0 unspecified atom stereocenters. The molecule has 76 valence electrons. The lowest BCUT2D eigenvalue weighted by Crippen LogP contribution is -1.88. The van der Waals surface area contributed by atoms with Crippen LogP contribution in [0.25, 0.3) is 11.3 Å². The van der Waals surface area contributed by atoms with Crippen molar-refractivity contribution in [2.75, 3.05) is 0 Å². The second-order valence-corrected chi connectivity index (χ2v) is 2.97. The number of nitrogens with zero attached hydrogens (tertiary/aromatic N) is 1. The molecular weight excluding hydrogens is 198 g/mol. The summed E-state index contributed by atoms with van der Waals surface area (Å²) in [6, 6.07) is 7.18. The zero-order valence-corrected chi connectivity index (χ0v) is 7.58. The van der Waals surface area contributed by atoms with Gasteiger partial charge in [0.25, 0.3) is 5.69 Å². The minimum atomic E-state index is -0.563. The zero-order chi connectivity index (χ0) is 10.8. The third-order valence-corrected chi connectivity index (χ3v) is 1.92. The van der Waals surface area contributed by atoms with Gasteiger partial charge in [-0.15, -0.1) is 0 Å². The average Bonchev–Trinajstić information content (AvgIpc) is 2.69. The molecule has 1 aromatic carbocycles. The van der Waals surface area contributed by atoms with Crippen molar-refractivity contribution in [3.8, 4) is 17.1 Å². The van der Waals surface area contributed by atoms with Gasteiger partial charge in [-0.1, -0.05) is 0 Å². The summed E-state index contributed by atoms with van der Waals surface area (Å²) >= 11 is 0. The molecule has 0 saturated carbocycles. The molecule has 5 heteroatoms. The van der Waals surface area contributed by atoms with Crippen LogP contribution >= 0.6 is 0 Å². The third kappa shape index (κ3) is 1.80. The molecule has 0 radical (unpaired) electrons. The first-order chi connectivity index (χ1) is 7.16. The first-order valence-corrected chi connectivity index (χ1v) is 4.19. The van der Waals surface area contributed by atoms with E-state index in [9.17, 15) is 15.2 Å². The number of benzene rings is 1. The van der Waals surface area contributed by atoms with Gasteiger partial charge in [0.15, 0.2) is 0 Å². The van der Waals surface area contributed by atoms with E-state index in [4.69, 9.17) is 4.42 Å². The third-order valence-electron chi connectivity index (χ3n) is 1.92. The Morgan fingerprint density at radius 1 is 1.33 bits per heavy atom. The summed E-state index contributed by atoms with van der Waals surface area (Å²) in [5, 5.41) is 19.8. The summed E-state index contributed by atoms with van der Waals surface area (Å²) in [7, 11) is 0. The maximum absolute atomic E-state index is 10.5. The second-order valence-electron chi connectivity index (χ2n) is 2.97. The molecule has 1 N–H and O–H groups in total. The fourth-order valence-electron chi connectivity index (χ4n) is 1.29. The second kappa shape index (κ2) is 3.45. The molecule has 0 bridgehead atoms. The maximum atomic E-state index is 10.5. The van der Waals surface area contributed by atoms with Crippen molar-refractivity contribution in [3.63, 3.8) is 0 Å². The number of phenolic OH excluding ortho intramolecular Hbond substituents is 1. The Morgan fingerprint density at radius 2 is 2.13 bits per heavy atom. The average molecular weight is 205 g/mol. The molecule has 15 heavy (non-hydrogen) atoms. The van der Waals surface area contributed by atoms with Crippen molar-refractivity contribution in [2.24, 2.45) is 0 Å². The minimum absolute atomic E-state index is 0.157. The predicted molar refractivity (Wildman–Crippen MR) is 52.5 cm³/mol. The summed E-state index contributed by atoms with van der Waals surface area (Å²) in [6.45, 7) is 0. The molecule has 0 saturated heterocycles. The lowest BCUT2D eigenvalue weighted by molar-refractivity contribution is -0.384. The number of nitro benzene ring substituents is 1. The van der Waals surface area contributed by atoms with Crippen LogP contribution in [0.5, 0.6) is 5.75 Å². The number of hydrogen-bond acceptors (Lipinski definition) is 4. The van der Waals surface area contributed by atoms with Crippen LogP contribution in [0, 0.1) is 10.1 Å².